The van der Waals surface area contributed by atoms with Crippen LogP contribution >= 0.6 is 0 Å². The van der Waals surface area contributed by atoms with Gasteiger partial charge in [-0.15, -0.1) is 0 Å². The van der Waals surface area contributed by atoms with E-state index in [9.17, 15) is 0 Å². The largest absolute Gasteiger partial charge is 0.456 e. The first-order valence-electron chi connectivity index (χ1n) is 16.6. The molecule has 0 amide bonds. The molecule has 0 fully saturated rings. The number of hydrogen-bond donors (Lipinski definition) is 0. The van der Waals surface area contributed by atoms with Gasteiger partial charge in [-0.3, -0.25) is 4.90 Å². The van der Waals surface area contributed by atoms with E-state index in [2.05, 4.69) is 114 Å². The van der Waals surface area contributed by atoms with Gasteiger partial charge in [0.25, 0.3) is 0 Å². The average molecular weight is 643 g/mol. The van der Waals surface area contributed by atoms with E-state index >= 15 is 0 Å². The standard InChI is InChI=1S/C45H30N4O/c1-4-13-31(14-5-1)33-23-27-36(28-24-33)49(37-29-25-34(26-30-37)32-15-6-2-7-16-32)45-47-43(35-17-8-3-9-18-35)46-44(48-45)39-20-12-22-41-42(39)38-19-10-11-21-40(38)50-41/h1-30H. The molecule has 7 aromatic carbocycles. The molecular weight excluding hydrogens is 613 g/mol. The maximum Gasteiger partial charge on any atom is 0.238 e. The predicted octanol–water partition coefficient (Wildman–Crippen LogP) is 11.9. The van der Waals surface area contributed by atoms with Crippen molar-refractivity contribution in [3.8, 4) is 45.0 Å². The number of anilines is 3. The normalized spacial score (nSPS) is 11.2. The van der Waals surface area contributed by atoms with Crippen LogP contribution in [0, 0.1) is 0 Å². The van der Waals surface area contributed by atoms with Crippen molar-refractivity contribution in [1.29, 1.82) is 0 Å². The van der Waals surface area contributed by atoms with Gasteiger partial charge in [0.05, 0.1) is 0 Å². The highest BCUT2D eigenvalue weighted by Crippen LogP contribution is 2.39. The van der Waals surface area contributed by atoms with E-state index in [4.69, 9.17) is 19.4 Å². The van der Waals surface area contributed by atoms with Gasteiger partial charge in [-0.2, -0.15) is 9.97 Å². The summed E-state index contributed by atoms with van der Waals surface area (Å²) in [5.41, 5.74) is 9.84. The van der Waals surface area contributed by atoms with Gasteiger partial charge in [0.2, 0.25) is 5.95 Å². The molecule has 236 valence electrons. The smallest absolute Gasteiger partial charge is 0.238 e. The third-order valence-electron chi connectivity index (χ3n) is 8.96. The van der Waals surface area contributed by atoms with Crippen molar-refractivity contribution in [2.24, 2.45) is 0 Å². The quantitative estimate of drug-likeness (QED) is 0.173. The monoisotopic (exact) mass is 642 g/mol. The Labute approximate surface area is 289 Å². The van der Waals surface area contributed by atoms with E-state index in [1.807, 2.05) is 72.8 Å². The Morgan fingerprint density at radius 3 is 1.44 bits per heavy atom. The first-order valence-corrected chi connectivity index (χ1v) is 16.6. The van der Waals surface area contributed by atoms with Crippen LogP contribution in [0.3, 0.4) is 0 Å². The van der Waals surface area contributed by atoms with Gasteiger partial charge >= 0.3 is 0 Å². The van der Waals surface area contributed by atoms with Crippen LogP contribution < -0.4 is 4.90 Å². The molecule has 0 bridgehead atoms. The maximum absolute atomic E-state index is 6.26. The Kier molecular flexibility index (Phi) is 7.41. The summed E-state index contributed by atoms with van der Waals surface area (Å²) in [6.45, 7) is 0. The minimum absolute atomic E-state index is 0.513. The molecule has 9 aromatic rings. The molecule has 0 saturated carbocycles. The SMILES string of the molecule is c1ccc(-c2ccc(N(c3ccc(-c4ccccc4)cc3)c3nc(-c4ccccc4)nc(-c4cccc5oc6ccccc6c45)n3)cc2)cc1. The van der Waals surface area contributed by atoms with Crippen LogP contribution in [-0.4, -0.2) is 15.0 Å². The van der Waals surface area contributed by atoms with Crippen LogP contribution in [0.15, 0.2) is 186 Å². The second-order valence-electron chi connectivity index (χ2n) is 12.1. The lowest BCUT2D eigenvalue weighted by Crippen LogP contribution is -2.15. The Balaban J connectivity index is 1.25. The first-order chi connectivity index (χ1) is 24.8. The predicted molar refractivity (Wildman–Crippen MR) is 204 cm³/mol. The van der Waals surface area contributed by atoms with E-state index in [0.29, 0.717) is 17.6 Å². The van der Waals surface area contributed by atoms with Gasteiger partial charge in [0, 0.05) is 33.3 Å². The Hall–Kier alpha value is -6.85. The summed E-state index contributed by atoms with van der Waals surface area (Å²) >= 11 is 0. The number of nitrogens with zero attached hydrogens (tertiary/aromatic N) is 4. The Bertz CT molecular complexity index is 2480. The molecule has 5 heteroatoms. The number of fused-ring (bicyclic) bond motifs is 3. The van der Waals surface area contributed by atoms with Crippen LogP contribution in [0.4, 0.5) is 17.3 Å². The van der Waals surface area contributed by atoms with Crippen molar-refractivity contribution < 1.29 is 4.42 Å². The van der Waals surface area contributed by atoms with E-state index in [-0.39, 0.29) is 0 Å². The zero-order valence-electron chi connectivity index (χ0n) is 27.0. The lowest BCUT2D eigenvalue weighted by atomic mass is 10.0. The number of benzene rings is 7. The van der Waals surface area contributed by atoms with Gasteiger partial charge < -0.3 is 4.42 Å². The topological polar surface area (TPSA) is 55.1 Å². The molecule has 0 saturated heterocycles. The first kappa shape index (κ1) is 29.3. The maximum atomic E-state index is 6.26. The van der Waals surface area contributed by atoms with Crippen molar-refractivity contribution in [3.63, 3.8) is 0 Å². The fourth-order valence-electron chi connectivity index (χ4n) is 6.51. The summed E-state index contributed by atoms with van der Waals surface area (Å²) in [5, 5.41) is 2.00. The minimum atomic E-state index is 0.513. The molecule has 0 atom stereocenters. The van der Waals surface area contributed by atoms with Crippen LogP contribution in [0.25, 0.3) is 67.0 Å². The van der Waals surface area contributed by atoms with Crippen LogP contribution in [-0.2, 0) is 0 Å². The molecule has 2 heterocycles. The molecule has 0 unspecified atom stereocenters. The van der Waals surface area contributed by atoms with Gasteiger partial charge in [0.15, 0.2) is 11.6 Å². The average Bonchev–Trinajstić information content (AvgIpc) is 3.59. The van der Waals surface area contributed by atoms with Gasteiger partial charge in [-0.05, 0) is 58.7 Å². The van der Waals surface area contributed by atoms with Crippen molar-refractivity contribution in [2.45, 2.75) is 0 Å². The second-order valence-corrected chi connectivity index (χ2v) is 12.1. The molecule has 50 heavy (non-hydrogen) atoms. The lowest BCUT2D eigenvalue weighted by Gasteiger charge is -2.24. The van der Waals surface area contributed by atoms with Gasteiger partial charge in [-0.1, -0.05) is 146 Å². The summed E-state index contributed by atoms with van der Waals surface area (Å²) < 4.78 is 6.26. The third kappa shape index (κ3) is 5.47. The lowest BCUT2D eigenvalue weighted by molar-refractivity contribution is 0.669. The molecule has 5 nitrogen and oxygen atoms in total. The molecule has 0 N–H and O–H groups in total. The fraction of sp³-hybridized carbons (Fsp3) is 0. The molecule has 9 rings (SSSR count). The molecule has 0 aliphatic heterocycles. The third-order valence-corrected chi connectivity index (χ3v) is 8.96. The Morgan fingerprint density at radius 2 is 0.840 bits per heavy atom. The highest BCUT2D eigenvalue weighted by atomic mass is 16.3. The zero-order chi connectivity index (χ0) is 33.3. The van der Waals surface area contributed by atoms with E-state index in [0.717, 1.165) is 66.7 Å². The van der Waals surface area contributed by atoms with Crippen molar-refractivity contribution in [1.82, 2.24) is 15.0 Å². The van der Waals surface area contributed by atoms with E-state index < -0.39 is 0 Å². The van der Waals surface area contributed by atoms with Crippen molar-refractivity contribution in [2.75, 3.05) is 4.90 Å². The zero-order valence-corrected chi connectivity index (χ0v) is 27.0. The molecule has 0 radical (unpaired) electrons. The summed E-state index contributed by atoms with van der Waals surface area (Å²) in [7, 11) is 0. The van der Waals surface area contributed by atoms with Crippen molar-refractivity contribution in [3.05, 3.63) is 182 Å². The number of aromatic nitrogens is 3. The number of rotatable bonds is 7. The number of hydrogen-bond acceptors (Lipinski definition) is 5. The summed E-state index contributed by atoms with van der Waals surface area (Å²) in [5.74, 6) is 1.67. The van der Waals surface area contributed by atoms with Gasteiger partial charge in [0.1, 0.15) is 11.2 Å². The fourth-order valence-corrected chi connectivity index (χ4v) is 6.51. The Morgan fingerprint density at radius 1 is 0.360 bits per heavy atom. The van der Waals surface area contributed by atoms with Crippen LogP contribution in [0.2, 0.25) is 0 Å². The molecule has 2 aromatic heterocycles. The number of furan rings is 1. The number of para-hydroxylation sites is 1. The summed E-state index contributed by atoms with van der Waals surface area (Å²) in [6, 6.07) is 62.1. The minimum Gasteiger partial charge on any atom is -0.456 e. The van der Waals surface area contributed by atoms with E-state index in [1.165, 1.54) is 0 Å². The molecular formula is C45H30N4O. The molecule has 0 spiro atoms. The summed E-state index contributed by atoms with van der Waals surface area (Å²) in [6.07, 6.45) is 0. The highest BCUT2D eigenvalue weighted by Gasteiger charge is 2.22. The van der Waals surface area contributed by atoms with Crippen LogP contribution in [0.1, 0.15) is 0 Å². The van der Waals surface area contributed by atoms with Crippen LogP contribution in [0.5, 0.6) is 0 Å². The summed E-state index contributed by atoms with van der Waals surface area (Å²) in [4.78, 5) is 17.6. The molecule has 0 aliphatic rings. The molecule has 0 aliphatic carbocycles. The highest BCUT2D eigenvalue weighted by molar-refractivity contribution is 6.11. The second kappa shape index (κ2) is 12.6. The van der Waals surface area contributed by atoms with Crippen molar-refractivity contribution >= 4 is 39.3 Å². The van der Waals surface area contributed by atoms with E-state index in [1.54, 1.807) is 0 Å². The van der Waals surface area contributed by atoms with Gasteiger partial charge in [-0.25, -0.2) is 4.98 Å².